The largest absolute Gasteiger partial charge is 0.496 e. The second kappa shape index (κ2) is 5.77. The van der Waals surface area contributed by atoms with E-state index >= 15 is 0 Å². The zero-order valence-corrected chi connectivity index (χ0v) is 12.1. The summed E-state index contributed by atoms with van der Waals surface area (Å²) in [7, 11) is 1.79. The molecule has 0 bridgehead atoms. The molecule has 2 rings (SSSR count). The van der Waals surface area contributed by atoms with E-state index in [2.05, 4.69) is 45.0 Å². The Morgan fingerprint density at radius 2 is 1.89 bits per heavy atom. The van der Waals surface area contributed by atoms with Gasteiger partial charge in [0, 0.05) is 0 Å². The van der Waals surface area contributed by atoms with Gasteiger partial charge < -0.3 is 4.74 Å². The number of benzene rings is 1. The van der Waals surface area contributed by atoms with Crippen molar-refractivity contribution in [3.63, 3.8) is 0 Å². The van der Waals surface area contributed by atoms with E-state index < -0.39 is 0 Å². The molecule has 1 saturated carbocycles. The summed E-state index contributed by atoms with van der Waals surface area (Å²) in [4.78, 5) is 0. The first-order valence-electron chi connectivity index (χ1n) is 7.26. The third kappa shape index (κ3) is 2.71. The lowest BCUT2D eigenvalue weighted by Crippen LogP contribution is -2.26. The summed E-state index contributed by atoms with van der Waals surface area (Å²) in [6.07, 6.45) is 4.05. The quantitative estimate of drug-likeness (QED) is 0.739. The van der Waals surface area contributed by atoms with Gasteiger partial charge in [0.15, 0.2) is 0 Å². The third-order valence-electron chi connectivity index (χ3n) is 4.56. The van der Waals surface area contributed by atoms with Crippen LogP contribution in [0.4, 0.5) is 0 Å². The fourth-order valence-corrected chi connectivity index (χ4v) is 3.53. The molecule has 0 radical (unpaired) electrons. The van der Waals surface area contributed by atoms with Crippen molar-refractivity contribution in [3.8, 4) is 5.75 Å². The number of methoxy groups -OCH3 is 1. The molecule has 0 aromatic heterocycles. The highest BCUT2D eigenvalue weighted by Crippen LogP contribution is 2.46. The maximum Gasteiger partial charge on any atom is 0.122 e. The van der Waals surface area contributed by atoms with Gasteiger partial charge in [0.2, 0.25) is 0 Å². The Labute approximate surface area is 112 Å². The van der Waals surface area contributed by atoms with Crippen LogP contribution in [0.3, 0.4) is 0 Å². The standard InChI is InChI=1S/C17H26O/c1-12(2)14-10-9-13(3)11-16(14)15-7-5-6-8-17(15)18-4/h5-8,12-14,16H,9-11H2,1-4H3. The van der Waals surface area contributed by atoms with E-state index in [4.69, 9.17) is 4.74 Å². The van der Waals surface area contributed by atoms with Gasteiger partial charge in [0.05, 0.1) is 7.11 Å². The zero-order valence-electron chi connectivity index (χ0n) is 12.1. The van der Waals surface area contributed by atoms with Gasteiger partial charge in [-0.3, -0.25) is 0 Å². The minimum Gasteiger partial charge on any atom is -0.496 e. The van der Waals surface area contributed by atoms with Crippen molar-refractivity contribution < 1.29 is 4.74 Å². The van der Waals surface area contributed by atoms with Gasteiger partial charge in [-0.2, -0.15) is 0 Å². The third-order valence-corrected chi connectivity index (χ3v) is 4.56. The van der Waals surface area contributed by atoms with E-state index in [-0.39, 0.29) is 0 Å². The molecule has 1 heteroatoms. The van der Waals surface area contributed by atoms with Crippen LogP contribution in [0.1, 0.15) is 51.5 Å². The Bertz CT molecular complexity index is 383. The highest BCUT2D eigenvalue weighted by molar-refractivity contribution is 5.37. The molecule has 0 aliphatic heterocycles. The molecule has 100 valence electrons. The molecule has 0 spiro atoms. The zero-order chi connectivity index (χ0) is 13.1. The van der Waals surface area contributed by atoms with Crippen molar-refractivity contribution in [1.82, 2.24) is 0 Å². The minimum atomic E-state index is 0.671. The predicted molar refractivity (Wildman–Crippen MR) is 77.1 cm³/mol. The average Bonchev–Trinajstić information content (AvgIpc) is 2.38. The monoisotopic (exact) mass is 246 g/mol. The lowest BCUT2D eigenvalue weighted by Gasteiger charge is -2.38. The number of ether oxygens (including phenoxy) is 1. The first-order chi connectivity index (χ1) is 8.63. The van der Waals surface area contributed by atoms with E-state index in [0.29, 0.717) is 5.92 Å². The molecule has 1 aliphatic carbocycles. The summed E-state index contributed by atoms with van der Waals surface area (Å²) < 4.78 is 5.56. The molecule has 1 nitrogen and oxygen atoms in total. The smallest absolute Gasteiger partial charge is 0.122 e. The molecule has 0 saturated heterocycles. The van der Waals surface area contributed by atoms with Crippen LogP contribution in [0.5, 0.6) is 5.75 Å². The van der Waals surface area contributed by atoms with E-state index in [1.807, 2.05) is 0 Å². The van der Waals surface area contributed by atoms with Gasteiger partial charge in [-0.1, -0.05) is 45.4 Å². The molecule has 18 heavy (non-hydrogen) atoms. The van der Waals surface area contributed by atoms with Gasteiger partial charge in [0.1, 0.15) is 5.75 Å². The fourth-order valence-electron chi connectivity index (χ4n) is 3.53. The van der Waals surface area contributed by atoms with E-state index in [1.54, 1.807) is 7.11 Å². The maximum atomic E-state index is 5.56. The SMILES string of the molecule is COc1ccccc1C1CC(C)CCC1C(C)C. The number of rotatable bonds is 3. The molecule has 0 heterocycles. The fraction of sp³-hybridized carbons (Fsp3) is 0.647. The van der Waals surface area contributed by atoms with E-state index in [0.717, 1.165) is 23.5 Å². The van der Waals surface area contributed by atoms with Gasteiger partial charge >= 0.3 is 0 Å². The minimum absolute atomic E-state index is 0.671. The predicted octanol–water partition coefficient (Wildman–Crippen LogP) is 4.87. The molecule has 3 atom stereocenters. The highest BCUT2D eigenvalue weighted by atomic mass is 16.5. The van der Waals surface area contributed by atoms with E-state index in [1.165, 1.54) is 24.8 Å². The topological polar surface area (TPSA) is 9.23 Å². The number of hydrogen-bond donors (Lipinski definition) is 0. The van der Waals surface area contributed by atoms with Crippen LogP contribution in [0.2, 0.25) is 0 Å². The summed E-state index contributed by atoms with van der Waals surface area (Å²) in [5, 5.41) is 0. The van der Waals surface area contributed by atoms with Crippen LogP contribution in [-0.4, -0.2) is 7.11 Å². The van der Waals surface area contributed by atoms with Crippen molar-refractivity contribution in [2.45, 2.75) is 46.0 Å². The molecule has 1 aromatic carbocycles. The molecular weight excluding hydrogens is 220 g/mol. The highest BCUT2D eigenvalue weighted by Gasteiger charge is 2.32. The van der Waals surface area contributed by atoms with Gasteiger partial charge in [-0.05, 0) is 48.1 Å². The summed E-state index contributed by atoms with van der Waals surface area (Å²) in [6, 6.07) is 8.58. The first kappa shape index (κ1) is 13.5. The Kier molecular flexibility index (Phi) is 4.31. The van der Waals surface area contributed by atoms with Crippen molar-refractivity contribution in [3.05, 3.63) is 29.8 Å². The molecule has 1 aromatic rings. The van der Waals surface area contributed by atoms with Crippen molar-refractivity contribution in [2.24, 2.45) is 17.8 Å². The van der Waals surface area contributed by atoms with Crippen molar-refractivity contribution in [2.75, 3.05) is 7.11 Å². The molecule has 1 aliphatic rings. The van der Waals surface area contributed by atoms with Crippen LogP contribution in [0, 0.1) is 17.8 Å². The van der Waals surface area contributed by atoms with E-state index in [9.17, 15) is 0 Å². The Hall–Kier alpha value is -0.980. The van der Waals surface area contributed by atoms with Crippen LogP contribution >= 0.6 is 0 Å². The van der Waals surface area contributed by atoms with Crippen LogP contribution < -0.4 is 4.74 Å². The lowest BCUT2D eigenvalue weighted by atomic mass is 9.67. The molecule has 3 unspecified atom stereocenters. The van der Waals surface area contributed by atoms with Crippen LogP contribution in [-0.2, 0) is 0 Å². The molecule has 0 N–H and O–H groups in total. The van der Waals surface area contributed by atoms with Gasteiger partial charge in [-0.15, -0.1) is 0 Å². The first-order valence-corrected chi connectivity index (χ1v) is 7.26. The second-order valence-electron chi connectivity index (χ2n) is 6.17. The Morgan fingerprint density at radius 3 is 2.56 bits per heavy atom. The molecule has 0 amide bonds. The van der Waals surface area contributed by atoms with Gasteiger partial charge in [-0.25, -0.2) is 0 Å². The summed E-state index contributed by atoms with van der Waals surface area (Å²) in [6.45, 7) is 7.12. The lowest BCUT2D eigenvalue weighted by molar-refractivity contribution is 0.194. The van der Waals surface area contributed by atoms with Crippen molar-refractivity contribution >= 4 is 0 Å². The molecular formula is C17H26O. The van der Waals surface area contributed by atoms with Crippen LogP contribution in [0.15, 0.2) is 24.3 Å². The number of hydrogen-bond acceptors (Lipinski definition) is 1. The van der Waals surface area contributed by atoms with Crippen LogP contribution in [0.25, 0.3) is 0 Å². The average molecular weight is 246 g/mol. The second-order valence-corrected chi connectivity index (χ2v) is 6.17. The van der Waals surface area contributed by atoms with Crippen molar-refractivity contribution in [1.29, 1.82) is 0 Å². The Morgan fingerprint density at radius 1 is 1.17 bits per heavy atom. The Balaban J connectivity index is 2.32. The maximum absolute atomic E-state index is 5.56. The normalized spacial score (nSPS) is 28.4. The summed E-state index contributed by atoms with van der Waals surface area (Å²) in [5.74, 6) is 4.15. The molecule has 1 fully saturated rings. The summed E-state index contributed by atoms with van der Waals surface area (Å²) in [5.41, 5.74) is 1.42. The van der Waals surface area contributed by atoms with Gasteiger partial charge in [0.25, 0.3) is 0 Å². The number of para-hydroxylation sites is 1. The summed E-state index contributed by atoms with van der Waals surface area (Å²) >= 11 is 0.